The normalized spacial score (nSPS) is 15.2. The fraction of sp³-hybridized carbons (Fsp3) is 0.524. The second-order valence-corrected chi connectivity index (χ2v) is 7.34. The van der Waals surface area contributed by atoms with Crippen LogP contribution in [0, 0.1) is 0 Å². The second kappa shape index (κ2) is 13.2. The summed E-state index contributed by atoms with van der Waals surface area (Å²) >= 11 is 0. The third-order valence-corrected chi connectivity index (χ3v) is 4.55. The molecular weight excluding hydrogens is 473 g/mol. The predicted molar refractivity (Wildman–Crippen MR) is 121 cm³/mol. The first-order valence-electron chi connectivity index (χ1n) is 11.1. The molecule has 0 bridgehead atoms. The lowest BCUT2D eigenvalue weighted by atomic mass is 10.3. The summed E-state index contributed by atoms with van der Waals surface area (Å²) in [7, 11) is 0. The molecule has 35 heavy (non-hydrogen) atoms. The number of rotatable bonds is 11. The minimum absolute atomic E-state index is 0.158. The summed E-state index contributed by atoms with van der Waals surface area (Å²) in [5, 5.41) is 10.3. The number of carbonyl (C=O) groups is 3. The largest absolute Gasteiger partial charge is 0.573 e. The van der Waals surface area contributed by atoms with Gasteiger partial charge in [0, 0.05) is 25.3 Å². The molecule has 0 saturated carbocycles. The van der Waals surface area contributed by atoms with Gasteiger partial charge in [0.2, 0.25) is 0 Å². The lowest BCUT2D eigenvalue weighted by Crippen LogP contribution is -2.44. The Balaban J connectivity index is 1.90. The van der Waals surface area contributed by atoms with Gasteiger partial charge in [0.15, 0.2) is 5.84 Å². The van der Waals surface area contributed by atoms with Gasteiger partial charge in [-0.25, -0.2) is 14.6 Å². The van der Waals surface area contributed by atoms with Crippen molar-refractivity contribution in [3.63, 3.8) is 0 Å². The van der Waals surface area contributed by atoms with Crippen LogP contribution in [0.5, 0.6) is 5.75 Å². The van der Waals surface area contributed by atoms with E-state index in [1.807, 2.05) is 6.92 Å². The average Bonchev–Trinajstić information content (AvgIpc) is 3.18. The van der Waals surface area contributed by atoms with E-state index in [-0.39, 0.29) is 37.8 Å². The molecular formula is C21H29F3N6O5. The van der Waals surface area contributed by atoms with Crippen LogP contribution < -0.4 is 26.0 Å². The molecule has 1 aromatic carbocycles. The van der Waals surface area contributed by atoms with Crippen molar-refractivity contribution in [1.29, 1.82) is 0 Å². The van der Waals surface area contributed by atoms with Gasteiger partial charge in [-0.2, -0.15) is 0 Å². The van der Waals surface area contributed by atoms with Crippen LogP contribution in [0.1, 0.15) is 26.7 Å². The number of alkyl halides is 3. The third-order valence-electron chi connectivity index (χ3n) is 4.55. The number of halogens is 3. The number of hydrogen-bond acceptors (Lipinski definition) is 7. The summed E-state index contributed by atoms with van der Waals surface area (Å²) < 4.78 is 45.3. The maximum Gasteiger partial charge on any atom is 0.573 e. The third kappa shape index (κ3) is 9.98. The van der Waals surface area contributed by atoms with Crippen molar-refractivity contribution in [1.82, 2.24) is 20.9 Å². The molecule has 0 spiro atoms. The Morgan fingerprint density at radius 1 is 1.11 bits per heavy atom. The molecule has 14 heteroatoms. The highest BCUT2D eigenvalue weighted by Crippen LogP contribution is 2.24. The van der Waals surface area contributed by atoms with Gasteiger partial charge in [-0.1, -0.05) is 13.3 Å². The zero-order chi connectivity index (χ0) is 25.8. The highest BCUT2D eigenvalue weighted by atomic mass is 19.4. The topological polar surface area (TPSA) is 133 Å². The van der Waals surface area contributed by atoms with Gasteiger partial charge in [0.05, 0.1) is 13.2 Å². The number of hydrogen-bond donors (Lipinski definition) is 4. The van der Waals surface area contributed by atoms with Crippen LogP contribution in [0.15, 0.2) is 29.3 Å². The van der Waals surface area contributed by atoms with Gasteiger partial charge >= 0.3 is 18.5 Å². The second-order valence-electron chi connectivity index (χ2n) is 7.34. The lowest BCUT2D eigenvalue weighted by molar-refractivity contribution is -0.274. The van der Waals surface area contributed by atoms with Crippen LogP contribution in [-0.2, 0) is 9.53 Å². The Labute approximate surface area is 200 Å². The number of unbranched alkanes of at least 4 members (excludes halogenated alkanes) is 1. The maximum absolute atomic E-state index is 12.6. The first-order chi connectivity index (χ1) is 16.6. The summed E-state index contributed by atoms with van der Waals surface area (Å²) in [6, 6.07) is 4.02. The Morgan fingerprint density at radius 2 is 1.80 bits per heavy atom. The number of anilines is 1. The Morgan fingerprint density at radius 3 is 2.43 bits per heavy atom. The number of amidine groups is 1. The van der Waals surface area contributed by atoms with E-state index in [0.717, 1.165) is 25.0 Å². The van der Waals surface area contributed by atoms with Crippen LogP contribution in [0.25, 0.3) is 0 Å². The molecule has 1 unspecified atom stereocenters. The van der Waals surface area contributed by atoms with Crippen LogP contribution in [0.2, 0.25) is 0 Å². The minimum atomic E-state index is -4.81. The molecule has 1 atom stereocenters. The van der Waals surface area contributed by atoms with Gasteiger partial charge < -0.3 is 35.6 Å². The van der Waals surface area contributed by atoms with Crippen molar-refractivity contribution in [2.45, 2.75) is 39.2 Å². The van der Waals surface area contributed by atoms with Crippen molar-refractivity contribution in [2.75, 3.05) is 38.1 Å². The molecule has 2 rings (SSSR count). The molecule has 194 valence electrons. The van der Waals surface area contributed by atoms with E-state index in [4.69, 9.17) is 4.74 Å². The lowest BCUT2D eigenvalue weighted by Gasteiger charge is -2.20. The van der Waals surface area contributed by atoms with Crippen molar-refractivity contribution in [2.24, 2.45) is 4.99 Å². The van der Waals surface area contributed by atoms with E-state index >= 15 is 0 Å². The van der Waals surface area contributed by atoms with Crippen LogP contribution in [-0.4, -0.2) is 74.1 Å². The average molecular weight is 502 g/mol. The van der Waals surface area contributed by atoms with Gasteiger partial charge in [0.1, 0.15) is 11.9 Å². The summed E-state index contributed by atoms with van der Waals surface area (Å²) in [5.41, 5.74) is 0.244. The summed E-state index contributed by atoms with van der Waals surface area (Å²) in [6.07, 6.45) is -4.40. The molecule has 0 radical (unpaired) electrons. The van der Waals surface area contributed by atoms with Crippen LogP contribution >= 0.6 is 0 Å². The molecule has 11 nitrogen and oxygen atoms in total. The van der Waals surface area contributed by atoms with Crippen molar-refractivity contribution in [3.05, 3.63) is 24.3 Å². The molecule has 1 heterocycles. The van der Waals surface area contributed by atoms with E-state index in [1.54, 1.807) is 11.8 Å². The summed E-state index contributed by atoms with van der Waals surface area (Å²) in [5.74, 6) is -0.700. The van der Waals surface area contributed by atoms with Crippen LogP contribution in [0.4, 0.5) is 28.4 Å². The minimum Gasteiger partial charge on any atom is -0.450 e. The van der Waals surface area contributed by atoms with Crippen molar-refractivity contribution in [3.8, 4) is 5.75 Å². The van der Waals surface area contributed by atoms with E-state index in [0.29, 0.717) is 6.54 Å². The zero-order valence-electron chi connectivity index (χ0n) is 19.4. The molecule has 1 aromatic rings. The molecule has 1 aliphatic heterocycles. The quantitative estimate of drug-likeness (QED) is 0.344. The van der Waals surface area contributed by atoms with E-state index in [2.05, 4.69) is 31.0 Å². The van der Waals surface area contributed by atoms with Crippen molar-refractivity contribution >= 4 is 29.6 Å². The fourth-order valence-electron chi connectivity index (χ4n) is 3.05. The van der Waals surface area contributed by atoms with Crippen molar-refractivity contribution < 1.29 is 37.0 Å². The number of amides is 4. The fourth-order valence-corrected chi connectivity index (χ4v) is 3.05. The molecule has 1 aliphatic rings. The SMILES string of the molecule is CCCCN1CC(NC(=O)Nc2ccc(OC(F)(F)F)cc2)N=C1C(=O)NCCNC(=O)OCC. The number of ether oxygens (including phenoxy) is 2. The number of urea groups is 1. The van der Waals surface area contributed by atoms with Crippen LogP contribution in [0.3, 0.4) is 0 Å². The first-order valence-corrected chi connectivity index (χ1v) is 11.1. The number of aliphatic imine (C=N–C) groups is 1. The van der Waals surface area contributed by atoms with E-state index < -0.39 is 36.3 Å². The van der Waals surface area contributed by atoms with Gasteiger partial charge in [-0.3, -0.25) is 4.79 Å². The van der Waals surface area contributed by atoms with E-state index in [9.17, 15) is 27.6 Å². The number of nitrogens with one attached hydrogen (secondary N) is 4. The summed E-state index contributed by atoms with van der Waals surface area (Å²) in [6.45, 7) is 5.08. The molecule has 0 saturated heterocycles. The molecule has 4 amide bonds. The maximum atomic E-state index is 12.6. The first kappa shape index (κ1) is 27.5. The predicted octanol–water partition coefficient (Wildman–Crippen LogP) is 2.41. The van der Waals surface area contributed by atoms with Gasteiger partial charge in [-0.15, -0.1) is 13.2 Å². The van der Waals surface area contributed by atoms with E-state index in [1.165, 1.54) is 12.1 Å². The van der Waals surface area contributed by atoms with Gasteiger partial charge in [0.25, 0.3) is 5.91 Å². The number of alkyl carbamates (subject to hydrolysis) is 1. The Hall–Kier alpha value is -3.71. The smallest absolute Gasteiger partial charge is 0.450 e. The molecule has 0 aliphatic carbocycles. The summed E-state index contributed by atoms with van der Waals surface area (Å²) in [4.78, 5) is 42.3. The standard InChI is InChI=1S/C21H29F3N6O5/c1-3-5-12-30-13-16(28-17(30)18(31)25-10-11-26-20(33)34-4-2)29-19(32)27-14-6-8-15(9-7-14)35-21(22,23)24/h6-9,16H,3-5,10-13H2,1-2H3,(H,25,31)(H,26,33)(H2,27,29,32). The number of nitrogens with zero attached hydrogens (tertiary/aromatic N) is 2. The number of carbonyl (C=O) groups excluding carboxylic acids is 3. The number of benzene rings is 1. The highest BCUT2D eigenvalue weighted by Gasteiger charge is 2.31. The van der Waals surface area contributed by atoms with Gasteiger partial charge in [-0.05, 0) is 37.6 Å². The highest BCUT2D eigenvalue weighted by molar-refractivity contribution is 6.38. The molecule has 4 N–H and O–H groups in total. The Bertz CT molecular complexity index is 894. The zero-order valence-corrected chi connectivity index (χ0v) is 19.4. The monoisotopic (exact) mass is 502 g/mol. The Kier molecular flexibility index (Phi) is 10.4. The molecule has 0 aromatic heterocycles. The molecule has 0 fully saturated rings.